The molecular formula is C74H55F4N4OPt-3. The van der Waals surface area contributed by atoms with E-state index < -0.39 is 28.7 Å². The van der Waals surface area contributed by atoms with Crippen molar-refractivity contribution in [2.45, 2.75) is 52.4 Å². The van der Waals surface area contributed by atoms with E-state index in [1.807, 2.05) is 140 Å². The van der Waals surface area contributed by atoms with Crippen molar-refractivity contribution in [2.75, 3.05) is 9.80 Å². The molecule has 3 heterocycles. The van der Waals surface area contributed by atoms with Gasteiger partial charge in [0.1, 0.15) is 29.1 Å². The van der Waals surface area contributed by atoms with Gasteiger partial charge in [-0.2, -0.15) is 6.07 Å². The predicted molar refractivity (Wildman–Crippen MR) is 329 cm³/mol. The van der Waals surface area contributed by atoms with E-state index in [1.165, 1.54) is 24.3 Å². The monoisotopic (exact) mass is 1290 g/mol. The Bertz CT molecular complexity index is 4320. The number of ether oxygens (including phenoxy) is 1. The summed E-state index contributed by atoms with van der Waals surface area (Å²) >= 11 is 0. The molecular weight excluding hydrogens is 1230 g/mol. The van der Waals surface area contributed by atoms with Crippen molar-refractivity contribution >= 4 is 44.6 Å². The minimum Gasteiger partial charge on any atom is -0.509 e. The van der Waals surface area contributed by atoms with E-state index >= 15 is 17.6 Å². The summed E-state index contributed by atoms with van der Waals surface area (Å²) in [5.41, 5.74) is 12.7. The molecule has 0 radical (unpaired) electrons. The Balaban J connectivity index is 0.00000694. The third-order valence-electron chi connectivity index (χ3n) is 15.4. The number of rotatable bonds is 10. The van der Waals surface area contributed by atoms with Crippen molar-refractivity contribution in [1.29, 1.82) is 0 Å². The van der Waals surface area contributed by atoms with E-state index in [-0.39, 0.29) is 37.6 Å². The quantitative estimate of drug-likeness (QED) is 0.101. The van der Waals surface area contributed by atoms with E-state index in [0.717, 1.165) is 90.0 Å². The molecule has 10 aromatic carbocycles. The van der Waals surface area contributed by atoms with Crippen LogP contribution in [0.2, 0.25) is 0 Å². The molecule has 1 aliphatic heterocycles. The van der Waals surface area contributed by atoms with Crippen LogP contribution in [-0.4, -0.2) is 9.55 Å². The molecule has 0 amide bonds. The number of aromatic nitrogens is 2. The molecule has 5 nitrogen and oxygen atoms in total. The molecule has 0 N–H and O–H groups in total. The van der Waals surface area contributed by atoms with E-state index in [4.69, 9.17) is 9.72 Å². The number of para-hydroxylation sites is 3. The van der Waals surface area contributed by atoms with Gasteiger partial charge in [0.2, 0.25) is 0 Å². The molecule has 0 unspecified atom stereocenters. The molecule has 2 aromatic heterocycles. The van der Waals surface area contributed by atoms with Gasteiger partial charge in [0, 0.05) is 84.6 Å². The fourth-order valence-corrected chi connectivity index (χ4v) is 11.2. The number of hydrogen-bond donors (Lipinski definition) is 0. The normalized spacial score (nSPS) is 12.5. The number of anilines is 4. The van der Waals surface area contributed by atoms with Gasteiger partial charge in [-0.1, -0.05) is 138 Å². The van der Waals surface area contributed by atoms with Crippen LogP contribution >= 0.6 is 0 Å². The van der Waals surface area contributed by atoms with Gasteiger partial charge in [-0.15, -0.1) is 53.6 Å². The first-order valence-corrected chi connectivity index (χ1v) is 27.6. The Morgan fingerprint density at radius 3 is 1.51 bits per heavy atom. The first kappa shape index (κ1) is 55.5. The molecule has 418 valence electrons. The summed E-state index contributed by atoms with van der Waals surface area (Å²) in [6, 6.07) is 73.3. The zero-order valence-electron chi connectivity index (χ0n) is 46.9. The number of nitrogens with zero attached hydrogens (tertiary/aromatic N) is 4. The molecule has 13 rings (SSSR count). The second-order valence-electron chi connectivity index (χ2n) is 23.2. The molecule has 1 aliphatic rings. The van der Waals surface area contributed by atoms with Gasteiger partial charge in [-0.25, -0.2) is 22.5 Å². The Hall–Kier alpha value is -9.04. The van der Waals surface area contributed by atoms with Gasteiger partial charge < -0.3 is 19.1 Å². The summed E-state index contributed by atoms with van der Waals surface area (Å²) in [4.78, 5) is 8.82. The van der Waals surface area contributed by atoms with Crippen LogP contribution in [0.4, 0.5) is 40.3 Å². The molecule has 0 saturated carbocycles. The van der Waals surface area contributed by atoms with Crippen LogP contribution < -0.4 is 14.5 Å². The number of halogens is 4. The van der Waals surface area contributed by atoms with Crippen molar-refractivity contribution in [3.63, 3.8) is 0 Å². The van der Waals surface area contributed by atoms with Gasteiger partial charge >= 0.3 is 0 Å². The van der Waals surface area contributed by atoms with Crippen LogP contribution in [0, 0.1) is 42.1 Å². The summed E-state index contributed by atoms with van der Waals surface area (Å²) in [5, 5.41) is 2.04. The summed E-state index contributed by atoms with van der Waals surface area (Å²) in [7, 11) is 0. The average Bonchev–Trinajstić information content (AvgIpc) is 1.90. The van der Waals surface area contributed by atoms with Crippen molar-refractivity contribution in [3.05, 3.63) is 272 Å². The molecule has 0 bridgehead atoms. The number of benzene rings is 10. The molecule has 0 spiro atoms. The second kappa shape index (κ2) is 21.9. The average molecular weight is 1290 g/mol. The largest absolute Gasteiger partial charge is 0.509 e. The number of hydrogen-bond acceptors (Lipinski definition) is 4. The maximum absolute atomic E-state index is 15.5. The maximum Gasteiger partial charge on any atom is 0.135 e. The summed E-state index contributed by atoms with van der Waals surface area (Å²) in [5.74, 6) is -1.49. The van der Waals surface area contributed by atoms with Gasteiger partial charge in [0.25, 0.3) is 0 Å². The molecule has 0 fully saturated rings. The van der Waals surface area contributed by atoms with Crippen LogP contribution in [0.3, 0.4) is 0 Å². The minimum atomic E-state index is -0.771. The first-order valence-electron chi connectivity index (χ1n) is 27.6. The van der Waals surface area contributed by atoms with E-state index in [9.17, 15) is 0 Å². The van der Waals surface area contributed by atoms with Gasteiger partial charge in [-0.05, 0) is 151 Å². The fraction of sp³-hybridized carbons (Fsp3) is 0.108. The third-order valence-corrected chi connectivity index (χ3v) is 15.4. The van der Waals surface area contributed by atoms with Gasteiger partial charge in [0.05, 0.1) is 0 Å². The Morgan fingerprint density at radius 1 is 0.429 bits per heavy atom. The maximum atomic E-state index is 15.5. The minimum absolute atomic E-state index is 0. The fourth-order valence-electron chi connectivity index (χ4n) is 11.2. The molecule has 0 saturated heterocycles. The topological polar surface area (TPSA) is 33.5 Å². The zero-order valence-corrected chi connectivity index (χ0v) is 49.2. The van der Waals surface area contributed by atoms with Crippen LogP contribution in [-0.2, 0) is 31.9 Å². The van der Waals surface area contributed by atoms with E-state index in [1.54, 1.807) is 0 Å². The second-order valence-corrected chi connectivity index (χ2v) is 23.2. The molecule has 0 aliphatic carbocycles. The summed E-state index contributed by atoms with van der Waals surface area (Å²) in [6.45, 7) is 14.5. The SMILES string of the molecule is CC(C)(C)c1ccnc(-n2c3[c-]c(Oc4[c-]c(N5[CH-]N(c6c(-c7cc(F)cc(F)c7)cc(C(C)(C)C)cc6-c6cc(F)cc(F)c6)c6ccccc65)cc(-c5cc(-c6ccccc6)cc(-c6ccccc6)c5)c4)ccc3c3ccccc32)c1.[Pt]. The Labute approximate surface area is 501 Å². The zero-order chi connectivity index (χ0) is 57.3. The predicted octanol–water partition coefficient (Wildman–Crippen LogP) is 20.5. The Morgan fingerprint density at radius 2 is 0.940 bits per heavy atom. The van der Waals surface area contributed by atoms with Crippen molar-refractivity contribution in [2.24, 2.45) is 0 Å². The van der Waals surface area contributed by atoms with Crippen LogP contribution in [0.15, 0.2) is 219 Å². The summed E-state index contributed by atoms with van der Waals surface area (Å²) in [6.07, 6.45) is 1.86. The van der Waals surface area contributed by atoms with Crippen molar-refractivity contribution in [3.8, 4) is 73.0 Å². The van der Waals surface area contributed by atoms with E-state index in [2.05, 4.69) is 116 Å². The molecule has 12 aromatic rings. The Kier molecular flexibility index (Phi) is 14.5. The van der Waals surface area contributed by atoms with Gasteiger partial charge in [0.15, 0.2) is 0 Å². The standard InChI is InChI=1S/C74H55F4N4O.Pt/c1-73(2,3)54-27-28-79-71(40-54)82-67-22-14-13-21-63(67)64-26-25-61(44-70(64)82)83-62-37-51(50-30-48(46-17-9-7-10-18-46)29-49(31-50)47-19-11-8-12-20-47)36-60(43-62)80-45-81(69-24-16-15-23-68(69)80)72-65(52-32-56(75)41-57(76)33-52)38-55(74(4,5)6)39-66(72)53-34-58(77)42-59(78)35-53;/h7-42,45H,1-6H3;/q-3;. The van der Waals surface area contributed by atoms with Crippen LogP contribution in [0.5, 0.6) is 11.5 Å². The summed E-state index contributed by atoms with van der Waals surface area (Å²) < 4.78 is 71.2. The molecule has 84 heavy (non-hydrogen) atoms. The van der Waals surface area contributed by atoms with Crippen molar-refractivity contribution in [1.82, 2.24) is 9.55 Å². The number of fused-ring (bicyclic) bond motifs is 4. The smallest absolute Gasteiger partial charge is 0.135 e. The first-order chi connectivity index (χ1) is 40.0. The number of pyridine rings is 1. The van der Waals surface area contributed by atoms with Crippen LogP contribution in [0.25, 0.3) is 83.3 Å². The molecule has 0 atom stereocenters. The van der Waals surface area contributed by atoms with Gasteiger partial charge in [-0.3, -0.25) is 0 Å². The van der Waals surface area contributed by atoms with E-state index in [0.29, 0.717) is 39.7 Å². The third kappa shape index (κ3) is 10.7. The molecule has 10 heteroatoms. The van der Waals surface area contributed by atoms with Crippen molar-refractivity contribution < 1.29 is 43.4 Å². The van der Waals surface area contributed by atoms with Crippen LogP contribution in [0.1, 0.15) is 52.7 Å².